The maximum Gasteiger partial charge on any atom is 0.262 e. The van der Waals surface area contributed by atoms with Crippen molar-refractivity contribution < 1.29 is 4.79 Å². The van der Waals surface area contributed by atoms with E-state index >= 15 is 0 Å². The van der Waals surface area contributed by atoms with E-state index < -0.39 is 0 Å². The summed E-state index contributed by atoms with van der Waals surface area (Å²) in [5.41, 5.74) is 0.960. The monoisotopic (exact) mass is 357 g/mol. The Bertz CT molecular complexity index is 905. The van der Waals surface area contributed by atoms with Gasteiger partial charge in [-0.1, -0.05) is 31.8 Å². The fraction of sp³-hybridized carbons (Fsp3) is 0.421. The van der Waals surface area contributed by atoms with Gasteiger partial charge in [-0.05, 0) is 43.3 Å². The lowest BCUT2D eigenvalue weighted by molar-refractivity contribution is 0.0933. The molecule has 0 unspecified atom stereocenters. The summed E-state index contributed by atoms with van der Waals surface area (Å²) in [5.74, 6) is -0.0941. The third-order valence-corrected chi connectivity index (χ3v) is 5.07. The molecule has 25 heavy (non-hydrogen) atoms. The van der Waals surface area contributed by atoms with E-state index in [0.29, 0.717) is 27.8 Å². The highest BCUT2D eigenvalue weighted by molar-refractivity contribution is 7.71. The molecule has 0 bridgehead atoms. The molecule has 6 heteroatoms. The van der Waals surface area contributed by atoms with Crippen LogP contribution in [0.3, 0.4) is 0 Å². The third-order valence-electron chi connectivity index (χ3n) is 4.75. The van der Waals surface area contributed by atoms with Crippen LogP contribution in [0.5, 0.6) is 0 Å². The predicted molar refractivity (Wildman–Crippen MR) is 103 cm³/mol. The number of hydrogen-bond acceptors (Lipinski definition) is 3. The van der Waals surface area contributed by atoms with Crippen LogP contribution < -0.4 is 10.9 Å². The SMILES string of the molecule is C=CCn1c(=S)[nH]c2cc(C(=O)NC3CCCCCC3)ccc2c1=O. The summed E-state index contributed by atoms with van der Waals surface area (Å²) >= 11 is 5.25. The molecule has 1 fully saturated rings. The number of aromatic nitrogens is 2. The van der Waals surface area contributed by atoms with Crippen LogP contribution in [-0.2, 0) is 6.54 Å². The minimum Gasteiger partial charge on any atom is -0.349 e. The number of amides is 1. The largest absolute Gasteiger partial charge is 0.349 e. The molecule has 1 aliphatic carbocycles. The van der Waals surface area contributed by atoms with Gasteiger partial charge in [-0.15, -0.1) is 6.58 Å². The number of benzene rings is 1. The van der Waals surface area contributed by atoms with Gasteiger partial charge in [0.2, 0.25) is 0 Å². The highest BCUT2D eigenvalue weighted by Crippen LogP contribution is 2.18. The van der Waals surface area contributed by atoms with Crippen LogP contribution in [0.1, 0.15) is 48.9 Å². The zero-order valence-electron chi connectivity index (χ0n) is 14.2. The first kappa shape index (κ1) is 17.6. The molecular weight excluding hydrogens is 334 g/mol. The van der Waals surface area contributed by atoms with E-state index in [1.807, 2.05) is 0 Å². The number of carbonyl (C=O) groups is 1. The number of hydrogen-bond donors (Lipinski definition) is 2. The van der Waals surface area contributed by atoms with Gasteiger partial charge in [-0.2, -0.15) is 0 Å². The number of aromatic amines is 1. The third kappa shape index (κ3) is 3.90. The van der Waals surface area contributed by atoms with E-state index in [9.17, 15) is 9.59 Å². The minimum absolute atomic E-state index is 0.0941. The quantitative estimate of drug-likeness (QED) is 0.498. The Morgan fingerprint density at radius 3 is 2.72 bits per heavy atom. The summed E-state index contributed by atoms with van der Waals surface area (Å²) in [7, 11) is 0. The number of rotatable bonds is 4. The zero-order chi connectivity index (χ0) is 17.8. The van der Waals surface area contributed by atoms with Crippen LogP contribution in [0.4, 0.5) is 0 Å². The Balaban J connectivity index is 1.89. The van der Waals surface area contributed by atoms with Crippen LogP contribution in [0.25, 0.3) is 10.9 Å². The van der Waals surface area contributed by atoms with Crippen molar-refractivity contribution >= 4 is 29.0 Å². The van der Waals surface area contributed by atoms with Gasteiger partial charge in [-0.3, -0.25) is 14.2 Å². The lowest BCUT2D eigenvalue weighted by Gasteiger charge is -2.16. The summed E-state index contributed by atoms with van der Waals surface area (Å²) in [5, 5.41) is 3.64. The molecule has 0 spiro atoms. The predicted octanol–water partition coefficient (Wildman–Crippen LogP) is 3.70. The van der Waals surface area contributed by atoms with Gasteiger partial charge in [0.25, 0.3) is 11.5 Å². The number of H-pyrrole nitrogens is 1. The molecule has 0 saturated heterocycles. The Kier molecular flexibility index (Phi) is 5.48. The molecule has 1 amide bonds. The lowest BCUT2D eigenvalue weighted by Crippen LogP contribution is -2.34. The van der Waals surface area contributed by atoms with Crippen molar-refractivity contribution in [2.75, 3.05) is 0 Å². The Morgan fingerprint density at radius 2 is 2.04 bits per heavy atom. The summed E-state index contributed by atoms with van der Waals surface area (Å²) in [6, 6.07) is 5.33. The molecule has 1 aromatic heterocycles. The molecular formula is C19H23N3O2S. The summed E-state index contributed by atoms with van der Waals surface area (Å²) < 4.78 is 1.79. The maximum atomic E-state index is 12.6. The first-order valence-electron chi connectivity index (χ1n) is 8.79. The number of nitrogens with one attached hydrogen (secondary N) is 2. The fourth-order valence-corrected chi connectivity index (χ4v) is 3.65. The van der Waals surface area contributed by atoms with E-state index in [-0.39, 0.29) is 17.5 Å². The second kappa shape index (κ2) is 7.78. The second-order valence-corrected chi connectivity index (χ2v) is 6.94. The molecule has 1 aliphatic rings. The van der Waals surface area contributed by atoms with Gasteiger partial charge in [0.15, 0.2) is 4.77 Å². The fourth-order valence-electron chi connectivity index (χ4n) is 3.38. The van der Waals surface area contributed by atoms with Crippen molar-refractivity contribution in [3.8, 4) is 0 Å². The van der Waals surface area contributed by atoms with Crippen molar-refractivity contribution in [1.29, 1.82) is 0 Å². The van der Waals surface area contributed by atoms with Gasteiger partial charge in [0, 0.05) is 18.2 Å². The standard InChI is InChI=1S/C19H23N3O2S/c1-2-11-22-18(24)15-10-9-13(12-16(15)21-19(22)25)17(23)20-14-7-5-3-4-6-8-14/h2,9-10,12,14H,1,3-8,11H2,(H,20,23)(H,21,25). The molecule has 0 radical (unpaired) electrons. The van der Waals surface area contributed by atoms with E-state index in [1.54, 1.807) is 24.3 Å². The molecule has 1 saturated carbocycles. The summed E-state index contributed by atoms with van der Waals surface area (Å²) in [6.45, 7) is 4.00. The molecule has 0 atom stereocenters. The average molecular weight is 357 g/mol. The average Bonchev–Trinajstić information content (AvgIpc) is 2.86. The number of carbonyl (C=O) groups excluding carboxylic acids is 1. The van der Waals surface area contributed by atoms with Crippen LogP contribution in [0.15, 0.2) is 35.6 Å². The van der Waals surface area contributed by atoms with Gasteiger partial charge in [0.1, 0.15) is 0 Å². The zero-order valence-corrected chi connectivity index (χ0v) is 15.0. The topological polar surface area (TPSA) is 66.9 Å². The molecule has 1 heterocycles. The number of fused-ring (bicyclic) bond motifs is 1. The molecule has 5 nitrogen and oxygen atoms in total. The molecule has 0 aliphatic heterocycles. The van der Waals surface area contributed by atoms with Crippen molar-refractivity contribution in [2.24, 2.45) is 0 Å². The van der Waals surface area contributed by atoms with Crippen LogP contribution in [0, 0.1) is 4.77 Å². The van der Waals surface area contributed by atoms with Crippen molar-refractivity contribution in [3.63, 3.8) is 0 Å². The molecule has 3 rings (SSSR count). The molecule has 132 valence electrons. The lowest BCUT2D eigenvalue weighted by atomic mass is 10.1. The van der Waals surface area contributed by atoms with Gasteiger partial charge >= 0.3 is 0 Å². The van der Waals surface area contributed by atoms with E-state index in [1.165, 1.54) is 30.3 Å². The summed E-state index contributed by atoms with van der Waals surface area (Å²) in [6.07, 6.45) is 8.52. The Labute approximate surface area is 151 Å². The first-order chi connectivity index (χ1) is 12.1. The van der Waals surface area contributed by atoms with Crippen molar-refractivity contribution in [1.82, 2.24) is 14.9 Å². The van der Waals surface area contributed by atoms with Gasteiger partial charge in [-0.25, -0.2) is 0 Å². The second-order valence-electron chi connectivity index (χ2n) is 6.56. The molecule has 2 aromatic rings. The number of allylic oxidation sites excluding steroid dienone is 1. The summed E-state index contributed by atoms with van der Waals surface area (Å²) in [4.78, 5) is 28.1. The normalized spacial score (nSPS) is 15.7. The van der Waals surface area contributed by atoms with Crippen LogP contribution >= 0.6 is 12.2 Å². The van der Waals surface area contributed by atoms with Gasteiger partial charge in [0.05, 0.1) is 10.9 Å². The van der Waals surface area contributed by atoms with Crippen LogP contribution in [0.2, 0.25) is 0 Å². The van der Waals surface area contributed by atoms with Crippen molar-refractivity contribution in [2.45, 2.75) is 51.1 Å². The minimum atomic E-state index is -0.172. The molecule has 2 N–H and O–H groups in total. The smallest absolute Gasteiger partial charge is 0.262 e. The van der Waals surface area contributed by atoms with Crippen molar-refractivity contribution in [3.05, 3.63) is 51.5 Å². The first-order valence-corrected chi connectivity index (χ1v) is 9.19. The van der Waals surface area contributed by atoms with Crippen LogP contribution in [-0.4, -0.2) is 21.5 Å². The maximum absolute atomic E-state index is 12.6. The van der Waals surface area contributed by atoms with Gasteiger partial charge < -0.3 is 10.3 Å². The van der Waals surface area contributed by atoms with E-state index in [4.69, 9.17) is 12.2 Å². The highest BCUT2D eigenvalue weighted by Gasteiger charge is 2.16. The van der Waals surface area contributed by atoms with E-state index in [2.05, 4.69) is 16.9 Å². The molecule has 1 aromatic carbocycles. The van der Waals surface area contributed by atoms with E-state index in [0.717, 1.165) is 12.8 Å². The number of nitrogens with zero attached hydrogens (tertiary/aromatic N) is 1. The Morgan fingerprint density at radius 1 is 1.32 bits per heavy atom. The highest BCUT2D eigenvalue weighted by atomic mass is 32.1. The Hall–Kier alpha value is -2.21.